The summed E-state index contributed by atoms with van der Waals surface area (Å²) in [5, 5.41) is 6.49. The van der Waals surface area contributed by atoms with Crippen LogP contribution in [0.25, 0.3) is 87.6 Å². The number of para-hydroxylation sites is 1. The third-order valence-electron chi connectivity index (χ3n) is 8.41. The Morgan fingerprint density at radius 2 is 1.05 bits per heavy atom. The molecule has 8 aromatic carbocycles. The molecule has 0 saturated heterocycles. The quantitative estimate of drug-likeness (QED) is 0.199. The minimum absolute atomic E-state index is 0.0634. The first-order valence-electron chi connectivity index (χ1n) is 17.3. The van der Waals surface area contributed by atoms with Gasteiger partial charge in [0.15, 0.2) is 0 Å². The van der Waals surface area contributed by atoms with Crippen LogP contribution < -0.4 is 0 Å². The predicted molar refractivity (Wildman–Crippen MR) is 183 cm³/mol. The van der Waals surface area contributed by atoms with Crippen LogP contribution in [0.3, 0.4) is 0 Å². The van der Waals surface area contributed by atoms with E-state index in [0.717, 1.165) is 43.4 Å². The summed E-state index contributed by atoms with van der Waals surface area (Å²) in [5.41, 5.74) is 4.42. The Morgan fingerprint density at radius 1 is 0.442 bits per heavy atom. The molecule has 0 fully saturated rings. The lowest BCUT2D eigenvalue weighted by molar-refractivity contribution is 0.670. The van der Waals surface area contributed by atoms with Crippen LogP contribution in [-0.4, -0.2) is 0 Å². The number of hydrogen-bond donors (Lipinski definition) is 0. The Morgan fingerprint density at radius 3 is 1.79 bits per heavy atom. The lowest BCUT2D eigenvalue weighted by Gasteiger charge is -2.18. The van der Waals surface area contributed by atoms with E-state index < -0.39 is 0 Å². The first-order valence-corrected chi connectivity index (χ1v) is 14.3. The highest BCUT2D eigenvalue weighted by Crippen LogP contribution is 2.47. The number of benzene rings is 8. The minimum atomic E-state index is -0.293. The zero-order valence-corrected chi connectivity index (χ0v) is 23.0. The van der Waals surface area contributed by atoms with Gasteiger partial charge in [-0.1, -0.05) is 145 Å². The molecule has 0 spiro atoms. The number of hydrogen-bond acceptors (Lipinski definition) is 1. The van der Waals surface area contributed by atoms with Gasteiger partial charge in [0.2, 0.25) is 0 Å². The highest BCUT2D eigenvalue weighted by Gasteiger charge is 2.21. The summed E-state index contributed by atoms with van der Waals surface area (Å²) in [5.74, 6) is 0. The molecular formula is C42H26O. The maximum Gasteiger partial charge on any atom is 0.143 e. The van der Waals surface area contributed by atoms with Crippen molar-refractivity contribution in [1.82, 2.24) is 0 Å². The largest absolute Gasteiger partial charge is 0.455 e. The molecule has 43 heavy (non-hydrogen) atoms. The third kappa shape index (κ3) is 3.65. The molecule has 0 aliphatic heterocycles. The van der Waals surface area contributed by atoms with Gasteiger partial charge < -0.3 is 4.42 Å². The Balaban J connectivity index is 1.49. The van der Waals surface area contributed by atoms with Crippen molar-refractivity contribution >= 4 is 54.3 Å². The van der Waals surface area contributed by atoms with Crippen LogP contribution in [0.5, 0.6) is 0 Å². The second kappa shape index (κ2) is 9.44. The van der Waals surface area contributed by atoms with Crippen LogP contribution in [0, 0.1) is 0 Å². The standard InChI is InChI=1S/C42H26O/c1-2-13-28(14-3-1)31-20-10-22-37-41-36(21-11-23-38(41)43-42(31)37)40-34-18-8-6-16-32(34)39(33-17-7-9-19-35(33)40)30-25-24-27-12-4-5-15-29(27)26-30/h1-26H/i10D,11D,20D,21D,22D,23D. The van der Waals surface area contributed by atoms with E-state index in [4.69, 9.17) is 11.3 Å². The molecule has 0 atom stereocenters. The van der Waals surface area contributed by atoms with Crippen LogP contribution >= 0.6 is 0 Å². The minimum Gasteiger partial charge on any atom is -0.455 e. The summed E-state index contributed by atoms with van der Waals surface area (Å²) in [6.45, 7) is 0. The van der Waals surface area contributed by atoms with Crippen molar-refractivity contribution in [1.29, 1.82) is 0 Å². The van der Waals surface area contributed by atoms with E-state index in [2.05, 4.69) is 42.5 Å². The Kier molecular flexibility index (Phi) is 4.11. The van der Waals surface area contributed by atoms with Gasteiger partial charge in [0.05, 0.1) is 8.22 Å². The molecule has 0 radical (unpaired) electrons. The highest BCUT2D eigenvalue weighted by molar-refractivity contribution is 6.26. The lowest BCUT2D eigenvalue weighted by atomic mass is 9.84. The van der Waals surface area contributed by atoms with Gasteiger partial charge >= 0.3 is 0 Å². The first kappa shape index (κ1) is 18.7. The van der Waals surface area contributed by atoms with Gasteiger partial charge in [-0.2, -0.15) is 0 Å². The van der Waals surface area contributed by atoms with Crippen LogP contribution in [-0.2, 0) is 0 Å². The van der Waals surface area contributed by atoms with Gasteiger partial charge in [-0.15, -0.1) is 0 Å². The van der Waals surface area contributed by atoms with Crippen molar-refractivity contribution in [3.63, 3.8) is 0 Å². The van der Waals surface area contributed by atoms with E-state index in [-0.39, 0.29) is 52.8 Å². The number of rotatable bonds is 3. The maximum atomic E-state index is 9.42. The second-order valence-corrected chi connectivity index (χ2v) is 10.8. The van der Waals surface area contributed by atoms with Crippen LogP contribution in [0.2, 0.25) is 0 Å². The van der Waals surface area contributed by atoms with Gasteiger partial charge in [-0.25, -0.2) is 0 Å². The maximum absolute atomic E-state index is 9.42. The molecule has 0 amide bonds. The van der Waals surface area contributed by atoms with Crippen molar-refractivity contribution in [2.24, 2.45) is 0 Å². The summed E-state index contributed by atoms with van der Waals surface area (Å²) >= 11 is 0. The normalized spacial score (nSPS) is 13.7. The molecule has 0 bridgehead atoms. The van der Waals surface area contributed by atoms with Gasteiger partial charge in [0, 0.05) is 16.3 Å². The van der Waals surface area contributed by atoms with Gasteiger partial charge in [-0.05, 0) is 72.2 Å². The van der Waals surface area contributed by atoms with Gasteiger partial charge in [0.25, 0.3) is 0 Å². The molecule has 0 N–H and O–H groups in total. The van der Waals surface area contributed by atoms with E-state index in [1.165, 1.54) is 0 Å². The van der Waals surface area contributed by atoms with Crippen LogP contribution in [0.1, 0.15) is 8.22 Å². The molecule has 0 aliphatic carbocycles. The smallest absolute Gasteiger partial charge is 0.143 e. The number of furan rings is 1. The van der Waals surface area contributed by atoms with Crippen molar-refractivity contribution < 1.29 is 12.6 Å². The fraction of sp³-hybridized carbons (Fsp3) is 0. The molecule has 1 aromatic heterocycles. The van der Waals surface area contributed by atoms with Crippen LogP contribution in [0.15, 0.2) is 162 Å². The summed E-state index contributed by atoms with van der Waals surface area (Å²) in [4.78, 5) is 0. The zero-order chi connectivity index (χ0) is 33.6. The fourth-order valence-corrected chi connectivity index (χ4v) is 6.53. The zero-order valence-electron chi connectivity index (χ0n) is 29.0. The predicted octanol–water partition coefficient (Wildman–Crippen LogP) is 12.0. The SMILES string of the molecule is [2H]c1c([2H])c(-c2c3ccccc3c(-c3ccc4ccccc4c3)c3ccccc23)c2c(oc3c(-c4ccccc4)c([2H])c([2H])c([2H])c32)c1[2H]. The number of fused-ring (bicyclic) bond motifs is 6. The molecule has 9 aromatic rings. The third-order valence-corrected chi connectivity index (χ3v) is 8.41. The van der Waals surface area contributed by atoms with Crippen molar-refractivity contribution in [3.05, 3.63) is 158 Å². The highest BCUT2D eigenvalue weighted by atomic mass is 16.3. The van der Waals surface area contributed by atoms with E-state index in [9.17, 15) is 1.37 Å². The van der Waals surface area contributed by atoms with Gasteiger partial charge in [-0.3, -0.25) is 0 Å². The van der Waals surface area contributed by atoms with Crippen LogP contribution in [0.4, 0.5) is 0 Å². The Hall–Kier alpha value is -5.66. The van der Waals surface area contributed by atoms with Gasteiger partial charge in [0.1, 0.15) is 11.2 Å². The van der Waals surface area contributed by atoms with Crippen molar-refractivity contribution in [2.45, 2.75) is 0 Å². The molecule has 200 valence electrons. The fourth-order valence-electron chi connectivity index (χ4n) is 6.53. The Labute approximate surface area is 257 Å². The van der Waals surface area contributed by atoms with E-state index in [1.54, 1.807) is 0 Å². The molecule has 1 heterocycles. The summed E-state index contributed by atoms with van der Waals surface area (Å²) in [6, 6.07) is 38.6. The topological polar surface area (TPSA) is 13.1 Å². The summed E-state index contributed by atoms with van der Waals surface area (Å²) in [6.07, 6.45) is 0. The van der Waals surface area contributed by atoms with Crippen molar-refractivity contribution in [3.8, 4) is 33.4 Å². The molecule has 0 unspecified atom stereocenters. The lowest BCUT2D eigenvalue weighted by Crippen LogP contribution is -1.91. The summed E-state index contributed by atoms with van der Waals surface area (Å²) < 4.78 is 60.6. The monoisotopic (exact) mass is 552 g/mol. The molecule has 1 heteroatoms. The van der Waals surface area contributed by atoms with Crippen molar-refractivity contribution in [2.75, 3.05) is 0 Å². The molecule has 9 rings (SSSR count). The average Bonchev–Trinajstić information content (AvgIpc) is 3.53. The van der Waals surface area contributed by atoms with E-state index in [1.807, 2.05) is 78.9 Å². The first-order chi connectivity index (χ1) is 23.8. The average molecular weight is 553 g/mol. The molecule has 0 saturated carbocycles. The second-order valence-electron chi connectivity index (χ2n) is 10.8. The molecule has 0 aliphatic rings. The molecule has 1 nitrogen and oxygen atoms in total. The van der Waals surface area contributed by atoms with E-state index >= 15 is 0 Å². The van der Waals surface area contributed by atoms with E-state index in [0.29, 0.717) is 27.6 Å². The molecular weight excluding hydrogens is 520 g/mol. The summed E-state index contributed by atoms with van der Waals surface area (Å²) in [7, 11) is 0. The Bertz CT molecular complexity index is 2780.